The average Bonchev–Trinajstić information content (AvgIpc) is 3.13. The van der Waals surface area contributed by atoms with Gasteiger partial charge in [-0.05, 0) is 71.2 Å². The van der Waals surface area contributed by atoms with Crippen molar-refractivity contribution in [2.24, 2.45) is 0 Å². The number of pyridine rings is 1. The van der Waals surface area contributed by atoms with Gasteiger partial charge in [0.1, 0.15) is 11.3 Å². The van der Waals surface area contributed by atoms with E-state index in [4.69, 9.17) is 20.1 Å². The fraction of sp³-hybridized carbons (Fsp3) is 0.630. The Balaban J connectivity index is 2.05. The van der Waals surface area contributed by atoms with Crippen LogP contribution in [0.3, 0.4) is 0 Å². The minimum atomic E-state index is 0.340. The molecule has 0 saturated heterocycles. The summed E-state index contributed by atoms with van der Waals surface area (Å²) >= 11 is 0. The Bertz CT molecular complexity index is 1080. The lowest BCUT2D eigenvalue weighted by atomic mass is 10.1. The number of aryl methyl sites for hydroxylation is 2. The second kappa shape index (κ2) is 11.7. The van der Waals surface area contributed by atoms with E-state index in [1.807, 2.05) is 14.0 Å². The number of rotatable bonds is 12. The molecule has 0 bridgehead atoms. The number of fused-ring (bicyclic) bond motifs is 1. The van der Waals surface area contributed by atoms with Gasteiger partial charge in [0.15, 0.2) is 5.65 Å². The van der Waals surface area contributed by atoms with Crippen LogP contribution < -0.4 is 10.2 Å². The number of nitrogens with zero attached hydrogens (tertiary/aromatic N) is 6. The molecule has 3 heterocycles. The summed E-state index contributed by atoms with van der Waals surface area (Å²) < 4.78 is 2.08. The van der Waals surface area contributed by atoms with Crippen molar-refractivity contribution in [1.29, 1.82) is 0 Å². The quantitative estimate of drug-likeness (QED) is 0.340. The van der Waals surface area contributed by atoms with Crippen molar-refractivity contribution in [3.8, 4) is 11.3 Å². The maximum atomic E-state index is 5.13. The van der Waals surface area contributed by atoms with E-state index >= 15 is 0 Å². The first-order valence-electron chi connectivity index (χ1n) is 12.9. The Kier molecular flexibility index (Phi) is 9.00. The molecule has 0 fully saturated rings. The molecule has 3 rings (SSSR count). The lowest BCUT2D eigenvalue weighted by Crippen LogP contribution is -2.22. The Hall–Kier alpha value is -2.54. The molecule has 3 aromatic rings. The molecule has 186 valence electrons. The molecule has 0 aliphatic heterocycles. The highest BCUT2D eigenvalue weighted by molar-refractivity contribution is 5.81. The van der Waals surface area contributed by atoms with Crippen LogP contribution in [0.5, 0.6) is 0 Å². The van der Waals surface area contributed by atoms with E-state index in [1.165, 1.54) is 12.8 Å². The molecule has 0 spiro atoms. The third-order valence-corrected chi connectivity index (χ3v) is 6.68. The topological polar surface area (TPSA) is 71.8 Å². The highest BCUT2D eigenvalue weighted by atomic mass is 15.3. The van der Waals surface area contributed by atoms with Crippen LogP contribution in [0.25, 0.3) is 22.4 Å². The number of unbranched alkanes of at least 4 members (excludes halogenated alkanes) is 2. The highest BCUT2D eigenvalue weighted by Gasteiger charge is 2.21. The summed E-state index contributed by atoms with van der Waals surface area (Å²) in [5.74, 6) is 1.36. The van der Waals surface area contributed by atoms with Gasteiger partial charge in [-0.2, -0.15) is 5.10 Å². The van der Waals surface area contributed by atoms with E-state index in [0.29, 0.717) is 12.0 Å². The Morgan fingerprint density at radius 2 is 1.71 bits per heavy atom. The van der Waals surface area contributed by atoms with Crippen molar-refractivity contribution < 1.29 is 0 Å². The smallest absolute Gasteiger partial charge is 0.177 e. The van der Waals surface area contributed by atoms with Crippen molar-refractivity contribution in [3.05, 3.63) is 29.2 Å². The summed E-state index contributed by atoms with van der Waals surface area (Å²) in [5, 5.41) is 8.06. The van der Waals surface area contributed by atoms with Crippen LogP contribution in [0.2, 0.25) is 0 Å². The van der Waals surface area contributed by atoms with Crippen molar-refractivity contribution in [3.63, 3.8) is 0 Å². The van der Waals surface area contributed by atoms with Crippen molar-refractivity contribution >= 4 is 17.0 Å². The number of anilines is 1. The normalized spacial score (nSPS) is 11.8. The van der Waals surface area contributed by atoms with Crippen LogP contribution in [-0.2, 0) is 0 Å². The molecule has 0 aromatic carbocycles. The average molecular weight is 466 g/mol. The van der Waals surface area contributed by atoms with Crippen LogP contribution in [0, 0.1) is 13.8 Å². The zero-order valence-electron chi connectivity index (χ0n) is 22.4. The van der Waals surface area contributed by atoms with Gasteiger partial charge in [0.05, 0.1) is 23.1 Å². The second-order valence-corrected chi connectivity index (χ2v) is 9.68. The molecule has 0 aliphatic rings. The third-order valence-electron chi connectivity index (χ3n) is 6.68. The monoisotopic (exact) mass is 465 g/mol. The lowest BCUT2D eigenvalue weighted by Gasteiger charge is -2.23. The van der Waals surface area contributed by atoms with Gasteiger partial charge in [0.25, 0.3) is 0 Å². The Morgan fingerprint density at radius 3 is 2.35 bits per heavy atom. The zero-order valence-corrected chi connectivity index (χ0v) is 22.4. The number of hydrogen-bond donors (Lipinski definition) is 1. The summed E-state index contributed by atoms with van der Waals surface area (Å²) in [6.45, 7) is 14.9. The lowest BCUT2D eigenvalue weighted by molar-refractivity contribution is 0.436. The number of nitrogens with one attached hydrogen (secondary N) is 1. The molecule has 0 saturated carbocycles. The van der Waals surface area contributed by atoms with Crippen LogP contribution in [0.1, 0.15) is 88.8 Å². The summed E-state index contributed by atoms with van der Waals surface area (Å²) in [6.07, 6.45) is 5.58. The van der Waals surface area contributed by atoms with E-state index in [1.54, 1.807) is 0 Å². The molecule has 3 aromatic heterocycles. The molecular formula is C27H43N7. The van der Waals surface area contributed by atoms with Gasteiger partial charge in [-0.15, -0.1) is 0 Å². The third kappa shape index (κ3) is 5.57. The standard InChI is InChI=1S/C27H43N7/c1-9-21(10-2)34-27-25(20(6)32-34)31-24(19(5)29-27)22-14-15-23(18(3)4)30-26(22)33(8)17-13-11-12-16-28-7/h14-15,18,21,28H,9-13,16-17H2,1-8H3. The van der Waals surface area contributed by atoms with Crippen molar-refractivity contribution in [2.75, 3.05) is 32.1 Å². The van der Waals surface area contributed by atoms with E-state index in [9.17, 15) is 0 Å². The maximum Gasteiger partial charge on any atom is 0.177 e. The van der Waals surface area contributed by atoms with Crippen LogP contribution >= 0.6 is 0 Å². The van der Waals surface area contributed by atoms with Crippen LogP contribution in [-0.4, -0.2) is 51.9 Å². The summed E-state index contributed by atoms with van der Waals surface area (Å²) in [5.41, 5.74) is 6.68. The Morgan fingerprint density at radius 1 is 0.971 bits per heavy atom. The summed E-state index contributed by atoms with van der Waals surface area (Å²) in [6, 6.07) is 4.65. The molecule has 7 heteroatoms. The van der Waals surface area contributed by atoms with E-state index in [2.05, 4.69) is 68.7 Å². The van der Waals surface area contributed by atoms with Gasteiger partial charge in [-0.1, -0.05) is 34.1 Å². The predicted octanol–water partition coefficient (Wildman–Crippen LogP) is 5.82. The predicted molar refractivity (Wildman–Crippen MR) is 143 cm³/mol. The Labute approximate surface area is 205 Å². The molecule has 0 unspecified atom stereocenters. The van der Waals surface area contributed by atoms with Crippen LogP contribution in [0.15, 0.2) is 12.1 Å². The van der Waals surface area contributed by atoms with Gasteiger partial charge in [0.2, 0.25) is 0 Å². The fourth-order valence-corrected chi connectivity index (χ4v) is 4.50. The molecule has 0 radical (unpaired) electrons. The van der Waals surface area contributed by atoms with Crippen LogP contribution in [0.4, 0.5) is 5.82 Å². The maximum absolute atomic E-state index is 5.13. The molecular weight excluding hydrogens is 422 g/mol. The number of aromatic nitrogens is 5. The van der Waals surface area contributed by atoms with Gasteiger partial charge in [-0.3, -0.25) is 0 Å². The SMILES string of the molecule is CCC(CC)n1nc(C)c2nc(-c3ccc(C(C)C)nc3N(C)CCCCCNC)c(C)nc21. The van der Waals surface area contributed by atoms with E-state index < -0.39 is 0 Å². The molecule has 0 aliphatic carbocycles. The van der Waals surface area contributed by atoms with Gasteiger partial charge >= 0.3 is 0 Å². The minimum absolute atomic E-state index is 0.340. The fourth-order valence-electron chi connectivity index (χ4n) is 4.50. The van der Waals surface area contributed by atoms with Crippen molar-refractivity contribution in [1.82, 2.24) is 30.0 Å². The van der Waals surface area contributed by atoms with Crippen molar-refractivity contribution in [2.45, 2.75) is 85.6 Å². The molecule has 1 N–H and O–H groups in total. The van der Waals surface area contributed by atoms with Gasteiger partial charge in [-0.25, -0.2) is 19.6 Å². The largest absolute Gasteiger partial charge is 0.359 e. The number of hydrogen-bond acceptors (Lipinski definition) is 6. The van der Waals surface area contributed by atoms with Gasteiger partial charge in [0, 0.05) is 24.8 Å². The first-order chi connectivity index (χ1) is 16.3. The molecule has 0 amide bonds. The highest BCUT2D eigenvalue weighted by Crippen LogP contribution is 2.33. The first kappa shape index (κ1) is 26.1. The van der Waals surface area contributed by atoms with E-state index in [-0.39, 0.29) is 0 Å². The zero-order chi connectivity index (χ0) is 24.8. The first-order valence-corrected chi connectivity index (χ1v) is 12.9. The molecule has 0 atom stereocenters. The summed E-state index contributed by atoms with van der Waals surface area (Å²) in [4.78, 5) is 17.5. The molecule has 34 heavy (non-hydrogen) atoms. The minimum Gasteiger partial charge on any atom is -0.359 e. The van der Waals surface area contributed by atoms with Gasteiger partial charge < -0.3 is 10.2 Å². The second-order valence-electron chi connectivity index (χ2n) is 9.68. The molecule has 7 nitrogen and oxygen atoms in total. The summed E-state index contributed by atoms with van der Waals surface area (Å²) in [7, 11) is 4.15. The van der Waals surface area contributed by atoms with E-state index in [0.717, 1.165) is 77.7 Å².